The SMILES string of the molecule is CCCCC(CC(=O)OC(C)C(=O)c1ccc(C)cc1)N1C(=O)C2C3C=CC(C4CC34)C2C1=O. The highest BCUT2D eigenvalue weighted by Crippen LogP contribution is 2.65. The molecule has 1 aromatic rings. The van der Waals surface area contributed by atoms with Gasteiger partial charge in [-0.15, -0.1) is 0 Å². The minimum atomic E-state index is -0.929. The first kappa shape index (κ1) is 23.0. The lowest BCUT2D eigenvalue weighted by molar-refractivity contribution is -0.150. The van der Waals surface area contributed by atoms with Crippen LogP contribution in [0.4, 0.5) is 0 Å². The number of nitrogens with zero attached hydrogens (tertiary/aromatic N) is 1. The summed E-state index contributed by atoms with van der Waals surface area (Å²) in [5, 5.41) is 0. The van der Waals surface area contributed by atoms with Gasteiger partial charge in [0, 0.05) is 5.56 Å². The van der Waals surface area contributed by atoms with Gasteiger partial charge < -0.3 is 4.74 Å². The molecule has 3 fully saturated rings. The molecule has 8 unspecified atom stereocenters. The summed E-state index contributed by atoms with van der Waals surface area (Å²) in [7, 11) is 0. The Morgan fingerprint density at radius 3 is 2.18 bits per heavy atom. The summed E-state index contributed by atoms with van der Waals surface area (Å²) in [6.07, 6.45) is 6.70. The number of benzene rings is 1. The molecule has 180 valence electrons. The number of ether oxygens (including phenoxy) is 1. The maximum absolute atomic E-state index is 13.5. The quantitative estimate of drug-likeness (QED) is 0.238. The molecular formula is C28H33NO5. The summed E-state index contributed by atoms with van der Waals surface area (Å²) in [5.41, 5.74) is 1.53. The van der Waals surface area contributed by atoms with E-state index in [0.29, 0.717) is 23.8 Å². The fraction of sp³-hybridized carbons (Fsp3) is 0.571. The number of ketones is 1. The van der Waals surface area contributed by atoms with Crippen LogP contribution in [-0.2, 0) is 19.1 Å². The molecule has 1 saturated heterocycles. The zero-order chi connectivity index (χ0) is 24.1. The number of likely N-dealkylation sites (tertiary alicyclic amines) is 1. The second-order valence-electron chi connectivity index (χ2n) is 10.6. The number of hydrogen-bond acceptors (Lipinski definition) is 5. The highest BCUT2D eigenvalue weighted by atomic mass is 16.5. The monoisotopic (exact) mass is 463 g/mol. The number of carbonyl (C=O) groups is 4. The number of hydrogen-bond donors (Lipinski definition) is 0. The second-order valence-corrected chi connectivity index (χ2v) is 10.6. The van der Waals surface area contributed by atoms with E-state index in [1.807, 2.05) is 26.0 Å². The number of imide groups is 1. The van der Waals surface area contributed by atoms with Crippen molar-refractivity contribution >= 4 is 23.6 Å². The summed E-state index contributed by atoms with van der Waals surface area (Å²) in [6, 6.07) is 6.62. The lowest BCUT2D eigenvalue weighted by atomic mass is 9.63. The number of carbonyl (C=O) groups excluding carboxylic acids is 4. The van der Waals surface area contributed by atoms with Crippen molar-refractivity contribution in [2.75, 3.05) is 0 Å². The number of esters is 1. The lowest BCUT2D eigenvalue weighted by Crippen LogP contribution is -2.43. The summed E-state index contributed by atoms with van der Waals surface area (Å²) in [5.74, 6) is -0.175. The molecule has 5 aliphatic rings. The van der Waals surface area contributed by atoms with Gasteiger partial charge in [-0.05, 0) is 50.4 Å². The number of rotatable bonds is 9. The van der Waals surface area contributed by atoms with Crippen molar-refractivity contribution in [3.63, 3.8) is 0 Å². The van der Waals surface area contributed by atoms with Gasteiger partial charge in [0.05, 0.1) is 24.3 Å². The van der Waals surface area contributed by atoms with Gasteiger partial charge in [-0.25, -0.2) is 0 Å². The van der Waals surface area contributed by atoms with Gasteiger partial charge in [-0.1, -0.05) is 61.7 Å². The zero-order valence-electron chi connectivity index (χ0n) is 20.1. The minimum Gasteiger partial charge on any atom is -0.454 e. The second kappa shape index (κ2) is 8.79. The minimum absolute atomic E-state index is 0.0714. The third-order valence-corrected chi connectivity index (χ3v) is 8.37. The predicted octanol–water partition coefficient (Wildman–Crippen LogP) is 4.11. The number of amides is 2. The highest BCUT2D eigenvalue weighted by molar-refractivity contribution is 6.07. The summed E-state index contributed by atoms with van der Waals surface area (Å²) < 4.78 is 5.48. The molecule has 0 radical (unpaired) electrons. The number of Topliss-reactive ketones (excluding diaryl/α,β-unsaturated/α-hetero) is 1. The van der Waals surface area contributed by atoms with E-state index in [1.54, 1.807) is 19.1 Å². The van der Waals surface area contributed by atoms with Crippen LogP contribution in [0.15, 0.2) is 36.4 Å². The van der Waals surface area contributed by atoms with Crippen LogP contribution in [0, 0.1) is 42.4 Å². The molecule has 6 nitrogen and oxygen atoms in total. The van der Waals surface area contributed by atoms with E-state index in [-0.39, 0.29) is 47.7 Å². The summed E-state index contributed by atoms with van der Waals surface area (Å²) >= 11 is 0. The van der Waals surface area contributed by atoms with E-state index >= 15 is 0 Å². The third-order valence-electron chi connectivity index (χ3n) is 8.37. The van der Waals surface area contributed by atoms with E-state index in [1.165, 1.54) is 4.90 Å². The number of aryl methyl sites for hydroxylation is 1. The van der Waals surface area contributed by atoms with E-state index in [9.17, 15) is 19.2 Å². The molecule has 0 aromatic heterocycles. The lowest BCUT2D eigenvalue weighted by Gasteiger charge is -2.37. The fourth-order valence-electron chi connectivity index (χ4n) is 6.55. The van der Waals surface area contributed by atoms with Crippen molar-refractivity contribution in [2.24, 2.45) is 35.5 Å². The van der Waals surface area contributed by atoms with Crippen molar-refractivity contribution in [3.05, 3.63) is 47.5 Å². The van der Waals surface area contributed by atoms with Gasteiger partial charge in [0.1, 0.15) is 0 Å². The maximum Gasteiger partial charge on any atom is 0.308 e. The van der Waals surface area contributed by atoms with E-state index < -0.39 is 18.1 Å². The van der Waals surface area contributed by atoms with Gasteiger partial charge in [-0.2, -0.15) is 0 Å². The Hall–Kier alpha value is -2.76. The van der Waals surface area contributed by atoms with Crippen LogP contribution in [0.25, 0.3) is 0 Å². The molecule has 2 amide bonds. The normalized spacial score (nSPS) is 32.3. The molecule has 4 aliphatic carbocycles. The Kier molecular flexibility index (Phi) is 5.95. The van der Waals surface area contributed by atoms with Crippen molar-refractivity contribution in [2.45, 2.75) is 65.0 Å². The Morgan fingerprint density at radius 1 is 1.03 bits per heavy atom. The van der Waals surface area contributed by atoms with Crippen LogP contribution >= 0.6 is 0 Å². The molecule has 8 atom stereocenters. The van der Waals surface area contributed by atoms with Crippen LogP contribution in [0.2, 0.25) is 0 Å². The molecule has 34 heavy (non-hydrogen) atoms. The smallest absolute Gasteiger partial charge is 0.308 e. The van der Waals surface area contributed by atoms with Crippen LogP contribution < -0.4 is 0 Å². The largest absolute Gasteiger partial charge is 0.454 e. The zero-order valence-corrected chi connectivity index (χ0v) is 20.1. The maximum atomic E-state index is 13.5. The van der Waals surface area contributed by atoms with E-state index in [4.69, 9.17) is 4.74 Å². The molecule has 0 spiro atoms. The standard InChI is InChI=1S/C28H33NO5/c1-4-5-6-18(13-23(30)34-16(3)26(31)17-9-7-15(2)8-10-17)29-27(32)24-19-11-12-20(22-14-21(19)22)25(24)28(29)33/h7-12,16,18-22,24-25H,4-6,13-14H2,1-3H3. The van der Waals surface area contributed by atoms with E-state index in [0.717, 1.165) is 24.8 Å². The topological polar surface area (TPSA) is 80.8 Å². The molecular weight excluding hydrogens is 430 g/mol. The molecule has 2 bridgehead atoms. The molecule has 1 aromatic carbocycles. The fourth-order valence-corrected chi connectivity index (χ4v) is 6.55. The molecule has 0 N–H and O–H groups in total. The van der Waals surface area contributed by atoms with Gasteiger partial charge in [0.15, 0.2) is 6.10 Å². The Bertz CT molecular complexity index is 1010. The third kappa shape index (κ3) is 3.81. The highest BCUT2D eigenvalue weighted by Gasteiger charge is 2.67. The van der Waals surface area contributed by atoms with Crippen LogP contribution in [0.3, 0.4) is 0 Å². The predicted molar refractivity (Wildman–Crippen MR) is 126 cm³/mol. The van der Waals surface area contributed by atoms with Crippen molar-refractivity contribution < 1.29 is 23.9 Å². The van der Waals surface area contributed by atoms with Crippen LogP contribution in [0.1, 0.15) is 61.9 Å². The van der Waals surface area contributed by atoms with E-state index in [2.05, 4.69) is 12.2 Å². The van der Waals surface area contributed by atoms with Gasteiger partial charge in [-0.3, -0.25) is 24.1 Å². The summed E-state index contributed by atoms with van der Waals surface area (Å²) in [4.78, 5) is 54.0. The van der Waals surface area contributed by atoms with Gasteiger partial charge >= 0.3 is 5.97 Å². The first-order valence-corrected chi connectivity index (χ1v) is 12.7. The molecule has 6 rings (SSSR count). The van der Waals surface area contributed by atoms with Crippen molar-refractivity contribution in [1.82, 2.24) is 4.90 Å². The van der Waals surface area contributed by atoms with Crippen LogP contribution in [-0.4, -0.2) is 40.6 Å². The Labute approximate surface area is 200 Å². The van der Waals surface area contributed by atoms with Gasteiger partial charge in [0.2, 0.25) is 17.6 Å². The first-order valence-electron chi connectivity index (χ1n) is 12.7. The number of unbranched alkanes of at least 4 members (excludes halogenated alkanes) is 1. The molecule has 2 saturated carbocycles. The van der Waals surface area contributed by atoms with Crippen molar-refractivity contribution in [1.29, 1.82) is 0 Å². The average molecular weight is 464 g/mol. The Morgan fingerprint density at radius 2 is 1.62 bits per heavy atom. The average Bonchev–Trinajstić information content (AvgIpc) is 3.60. The molecule has 1 heterocycles. The number of allylic oxidation sites excluding steroid dienone is 2. The molecule has 1 aliphatic heterocycles. The van der Waals surface area contributed by atoms with Crippen molar-refractivity contribution in [3.8, 4) is 0 Å². The van der Waals surface area contributed by atoms with Gasteiger partial charge in [0.25, 0.3) is 0 Å². The molecule has 6 heteroatoms. The summed E-state index contributed by atoms with van der Waals surface area (Å²) in [6.45, 7) is 5.55. The Balaban J connectivity index is 1.28. The van der Waals surface area contributed by atoms with Crippen LogP contribution in [0.5, 0.6) is 0 Å². The first-order chi connectivity index (χ1) is 16.3.